The summed E-state index contributed by atoms with van der Waals surface area (Å²) >= 11 is 0. The van der Waals surface area contributed by atoms with Crippen LogP contribution in [0, 0.1) is 34.0 Å². The quantitative estimate of drug-likeness (QED) is 0.468. The van der Waals surface area contributed by atoms with Crippen molar-refractivity contribution in [2.24, 2.45) is 34.0 Å². The second-order valence-electron chi connectivity index (χ2n) is 12.6. The molecule has 0 saturated heterocycles. The molecular formula is C28H44O7. The SMILES string of the molecule is COC(CC(C)CC(=O)[C@H]1CC[C@@]2(O)C3=CC(=O)[C@]4(C)C[C@@H](O)[C@@H](O)C[C@]4(C)C3CC[C@]12C)OC. The normalized spacial score (nSPS) is 46.0. The summed E-state index contributed by atoms with van der Waals surface area (Å²) in [6.45, 7) is 8.00. The molecule has 9 atom stereocenters. The Balaban J connectivity index is 1.62. The van der Waals surface area contributed by atoms with Gasteiger partial charge in [-0.3, -0.25) is 9.59 Å². The highest BCUT2D eigenvalue weighted by Gasteiger charge is 2.69. The standard InChI is InChI=1S/C28H44O7/c1-16(12-24(34-5)35-6)11-20(29)18-8-10-28(33)19-13-23(32)27(4)15-22(31)21(30)14-26(27,3)17(19)7-9-25(18,28)2/h13,16-18,21-22,24,30-31,33H,7-12,14-15H2,1-6H3/t16?,17?,18-,21+,22-,25-,26-,27+,28-/m1/s1. The average Bonchev–Trinajstić information content (AvgIpc) is 3.07. The first-order valence-corrected chi connectivity index (χ1v) is 13.2. The number of carbonyl (C=O) groups is 2. The molecule has 0 aromatic carbocycles. The molecular weight excluding hydrogens is 448 g/mol. The van der Waals surface area contributed by atoms with Gasteiger partial charge < -0.3 is 24.8 Å². The van der Waals surface area contributed by atoms with Gasteiger partial charge in [-0.05, 0) is 67.4 Å². The van der Waals surface area contributed by atoms with Crippen LogP contribution in [0.3, 0.4) is 0 Å². The Morgan fingerprint density at radius 2 is 1.69 bits per heavy atom. The maximum atomic E-state index is 13.5. The van der Waals surface area contributed by atoms with E-state index in [0.29, 0.717) is 38.5 Å². The summed E-state index contributed by atoms with van der Waals surface area (Å²) in [4.78, 5) is 27.1. The van der Waals surface area contributed by atoms with E-state index in [1.165, 1.54) is 0 Å². The zero-order valence-electron chi connectivity index (χ0n) is 22.2. The van der Waals surface area contributed by atoms with Crippen molar-refractivity contribution >= 4 is 11.6 Å². The number of methoxy groups -OCH3 is 2. The summed E-state index contributed by atoms with van der Waals surface area (Å²) in [5.74, 6) is -0.164. The fourth-order valence-electron chi connectivity index (χ4n) is 8.37. The largest absolute Gasteiger partial charge is 0.390 e. The van der Waals surface area contributed by atoms with Crippen LogP contribution in [0.15, 0.2) is 11.6 Å². The van der Waals surface area contributed by atoms with E-state index in [4.69, 9.17) is 9.47 Å². The smallest absolute Gasteiger partial charge is 0.162 e. The number of allylic oxidation sites excluding steroid dienone is 1. The topological polar surface area (TPSA) is 113 Å². The monoisotopic (exact) mass is 492 g/mol. The minimum atomic E-state index is -1.22. The molecule has 2 unspecified atom stereocenters. The van der Waals surface area contributed by atoms with Crippen LogP contribution in [0.25, 0.3) is 0 Å². The Hall–Kier alpha value is -1.12. The fourth-order valence-corrected chi connectivity index (χ4v) is 8.37. The van der Waals surface area contributed by atoms with E-state index >= 15 is 0 Å². The number of Topliss-reactive ketones (excluding diaryl/α,β-unsaturated/α-hetero) is 1. The van der Waals surface area contributed by atoms with Crippen molar-refractivity contribution in [1.29, 1.82) is 0 Å². The van der Waals surface area contributed by atoms with Gasteiger partial charge in [0.05, 0.1) is 17.8 Å². The molecule has 3 saturated carbocycles. The summed E-state index contributed by atoms with van der Waals surface area (Å²) in [5, 5.41) is 33.2. The third-order valence-corrected chi connectivity index (χ3v) is 10.9. The number of hydrogen-bond donors (Lipinski definition) is 3. The lowest BCUT2D eigenvalue weighted by molar-refractivity contribution is -0.175. The lowest BCUT2D eigenvalue weighted by Gasteiger charge is -2.63. The third-order valence-electron chi connectivity index (χ3n) is 10.9. The van der Waals surface area contributed by atoms with E-state index in [1.54, 1.807) is 20.3 Å². The lowest BCUT2D eigenvalue weighted by Crippen LogP contribution is -2.64. The predicted octanol–water partition coefficient (Wildman–Crippen LogP) is 3.19. The molecule has 7 nitrogen and oxygen atoms in total. The van der Waals surface area contributed by atoms with Crippen molar-refractivity contribution in [3.63, 3.8) is 0 Å². The minimum absolute atomic E-state index is 0.0673. The van der Waals surface area contributed by atoms with Gasteiger partial charge in [0.1, 0.15) is 5.78 Å². The second kappa shape index (κ2) is 9.02. The molecule has 198 valence electrons. The van der Waals surface area contributed by atoms with Gasteiger partial charge in [0.15, 0.2) is 12.1 Å². The Kier molecular flexibility index (Phi) is 6.94. The molecule has 3 fully saturated rings. The van der Waals surface area contributed by atoms with Crippen LogP contribution in [-0.4, -0.2) is 65.2 Å². The molecule has 0 radical (unpaired) electrons. The van der Waals surface area contributed by atoms with Crippen LogP contribution in [0.4, 0.5) is 0 Å². The van der Waals surface area contributed by atoms with Gasteiger partial charge in [0.2, 0.25) is 0 Å². The first-order chi connectivity index (χ1) is 16.3. The van der Waals surface area contributed by atoms with Crippen LogP contribution >= 0.6 is 0 Å². The van der Waals surface area contributed by atoms with Gasteiger partial charge in [-0.15, -0.1) is 0 Å². The van der Waals surface area contributed by atoms with Gasteiger partial charge in [0, 0.05) is 43.8 Å². The van der Waals surface area contributed by atoms with E-state index in [0.717, 1.165) is 12.0 Å². The number of ketones is 2. The van der Waals surface area contributed by atoms with Crippen LogP contribution in [0.1, 0.15) is 79.1 Å². The van der Waals surface area contributed by atoms with Gasteiger partial charge in [-0.25, -0.2) is 0 Å². The first-order valence-electron chi connectivity index (χ1n) is 13.2. The number of hydrogen-bond acceptors (Lipinski definition) is 7. The molecule has 4 aliphatic carbocycles. The Bertz CT molecular complexity index is 896. The average molecular weight is 493 g/mol. The van der Waals surface area contributed by atoms with Crippen molar-refractivity contribution in [2.45, 2.75) is 103 Å². The van der Waals surface area contributed by atoms with E-state index in [9.17, 15) is 24.9 Å². The molecule has 4 rings (SSSR count). The lowest BCUT2D eigenvalue weighted by atomic mass is 9.41. The summed E-state index contributed by atoms with van der Waals surface area (Å²) < 4.78 is 10.6. The molecule has 0 aliphatic heterocycles. The molecule has 0 bridgehead atoms. The molecule has 0 aromatic heterocycles. The summed E-state index contributed by atoms with van der Waals surface area (Å²) in [5.41, 5.74) is -2.45. The Labute approximate surface area is 209 Å². The molecule has 4 aliphatic rings. The molecule has 0 spiro atoms. The molecule has 0 amide bonds. The van der Waals surface area contributed by atoms with Crippen LogP contribution in [-0.2, 0) is 19.1 Å². The zero-order chi connectivity index (χ0) is 26.0. The van der Waals surface area contributed by atoms with Crippen molar-refractivity contribution in [3.8, 4) is 0 Å². The predicted molar refractivity (Wildman–Crippen MR) is 130 cm³/mol. The molecule has 7 heteroatoms. The summed E-state index contributed by atoms with van der Waals surface area (Å²) in [6.07, 6.45) is 3.57. The van der Waals surface area contributed by atoms with Gasteiger partial charge in [-0.2, -0.15) is 0 Å². The van der Waals surface area contributed by atoms with Crippen molar-refractivity contribution < 1.29 is 34.4 Å². The number of aliphatic hydroxyl groups is 3. The summed E-state index contributed by atoms with van der Waals surface area (Å²) in [6, 6.07) is 0. The minimum Gasteiger partial charge on any atom is -0.390 e. The van der Waals surface area contributed by atoms with Crippen LogP contribution < -0.4 is 0 Å². The maximum absolute atomic E-state index is 13.5. The highest BCUT2D eigenvalue weighted by Crippen LogP contribution is 2.69. The van der Waals surface area contributed by atoms with E-state index in [1.807, 2.05) is 27.7 Å². The van der Waals surface area contributed by atoms with E-state index in [2.05, 4.69) is 0 Å². The third kappa shape index (κ3) is 3.80. The second-order valence-corrected chi connectivity index (χ2v) is 12.6. The fraction of sp³-hybridized carbons (Fsp3) is 0.857. The molecule has 3 N–H and O–H groups in total. The highest BCUT2D eigenvalue weighted by molar-refractivity contribution is 5.98. The van der Waals surface area contributed by atoms with E-state index < -0.39 is 34.1 Å². The first kappa shape index (κ1) is 26.9. The number of fused-ring (bicyclic) bond motifs is 5. The van der Waals surface area contributed by atoms with Crippen molar-refractivity contribution in [3.05, 3.63) is 11.6 Å². The number of aliphatic hydroxyl groups excluding tert-OH is 2. The van der Waals surface area contributed by atoms with Crippen LogP contribution in [0.2, 0.25) is 0 Å². The number of carbonyl (C=O) groups excluding carboxylic acids is 2. The van der Waals surface area contributed by atoms with Crippen molar-refractivity contribution in [1.82, 2.24) is 0 Å². The molecule has 0 heterocycles. The number of rotatable bonds is 7. The molecule has 0 aromatic rings. The number of ether oxygens (including phenoxy) is 2. The van der Waals surface area contributed by atoms with Gasteiger partial charge in [-0.1, -0.05) is 27.7 Å². The maximum Gasteiger partial charge on any atom is 0.162 e. The van der Waals surface area contributed by atoms with Crippen LogP contribution in [0.5, 0.6) is 0 Å². The van der Waals surface area contributed by atoms with Gasteiger partial charge >= 0.3 is 0 Å². The van der Waals surface area contributed by atoms with Gasteiger partial charge in [0.25, 0.3) is 0 Å². The summed E-state index contributed by atoms with van der Waals surface area (Å²) in [7, 11) is 3.19. The zero-order valence-corrected chi connectivity index (χ0v) is 22.2. The Morgan fingerprint density at radius 1 is 1.06 bits per heavy atom. The van der Waals surface area contributed by atoms with Crippen molar-refractivity contribution in [2.75, 3.05) is 14.2 Å². The Morgan fingerprint density at radius 3 is 2.31 bits per heavy atom. The molecule has 35 heavy (non-hydrogen) atoms. The highest BCUT2D eigenvalue weighted by atomic mass is 16.7. The van der Waals surface area contributed by atoms with E-state index in [-0.39, 0.29) is 42.0 Å².